The second-order valence-corrected chi connectivity index (χ2v) is 2.92. The molecule has 0 unspecified atom stereocenters. The lowest BCUT2D eigenvalue weighted by atomic mass is 10.2. The molecule has 17 heavy (non-hydrogen) atoms. The minimum absolute atomic E-state index is 0.0599. The molecule has 1 aromatic carbocycles. The van der Waals surface area contributed by atoms with Crippen molar-refractivity contribution < 1.29 is 13.2 Å². The van der Waals surface area contributed by atoms with E-state index in [0.29, 0.717) is 0 Å². The molecule has 0 aliphatic carbocycles. The largest absolute Gasteiger partial charge is 0.416 e. The van der Waals surface area contributed by atoms with Gasteiger partial charge in [-0.25, -0.2) is 0 Å². The quantitative estimate of drug-likeness (QED) is 0.742. The Labute approximate surface area is 94.6 Å². The fourth-order valence-corrected chi connectivity index (χ4v) is 0.949. The zero-order valence-corrected chi connectivity index (χ0v) is 8.31. The van der Waals surface area contributed by atoms with Gasteiger partial charge in [-0.2, -0.15) is 33.9 Å². The van der Waals surface area contributed by atoms with Crippen molar-refractivity contribution in [3.05, 3.63) is 29.8 Å². The Morgan fingerprint density at radius 2 is 1.82 bits per heavy atom. The zero-order valence-electron chi connectivity index (χ0n) is 8.31. The minimum atomic E-state index is -4.46. The van der Waals surface area contributed by atoms with Gasteiger partial charge in [-0.1, -0.05) is 6.07 Å². The zero-order chi connectivity index (χ0) is 12.9. The van der Waals surface area contributed by atoms with Crippen LogP contribution in [0.15, 0.2) is 34.5 Å². The first-order valence-corrected chi connectivity index (χ1v) is 4.34. The lowest BCUT2D eigenvalue weighted by molar-refractivity contribution is -0.137. The molecule has 0 bridgehead atoms. The van der Waals surface area contributed by atoms with Crippen molar-refractivity contribution in [3.63, 3.8) is 0 Å². The van der Waals surface area contributed by atoms with E-state index in [9.17, 15) is 13.2 Å². The molecule has 0 saturated carbocycles. The van der Waals surface area contributed by atoms with Crippen molar-refractivity contribution in [3.8, 4) is 12.1 Å². The molecule has 0 saturated heterocycles. The molecule has 0 spiro atoms. The van der Waals surface area contributed by atoms with Crippen molar-refractivity contribution in [1.29, 1.82) is 10.5 Å². The summed E-state index contributed by atoms with van der Waals surface area (Å²) in [5, 5.41) is 23.5. The summed E-state index contributed by atoms with van der Waals surface area (Å²) in [4.78, 5) is 0. The van der Waals surface area contributed by atoms with Crippen molar-refractivity contribution in [2.75, 3.05) is 0 Å². The second kappa shape index (κ2) is 5.08. The number of alkyl halides is 3. The molecule has 86 valence electrons. The molecule has 0 aliphatic heterocycles. The van der Waals surface area contributed by atoms with Crippen LogP contribution in [0.25, 0.3) is 0 Å². The number of benzene rings is 1. The van der Waals surface area contributed by atoms with Crippen molar-refractivity contribution in [2.24, 2.45) is 10.2 Å². The van der Waals surface area contributed by atoms with Crippen molar-refractivity contribution >= 4 is 5.69 Å². The number of azo groups is 1. The van der Waals surface area contributed by atoms with Crippen LogP contribution in [-0.2, 0) is 6.18 Å². The fourth-order valence-electron chi connectivity index (χ4n) is 0.949. The van der Waals surface area contributed by atoms with E-state index in [1.165, 1.54) is 24.3 Å². The third kappa shape index (κ3) is 3.58. The highest BCUT2D eigenvalue weighted by Gasteiger charge is 2.30. The highest BCUT2D eigenvalue weighted by atomic mass is 19.4. The van der Waals surface area contributed by atoms with Crippen LogP contribution in [0.5, 0.6) is 0 Å². The highest BCUT2D eigenvalue weighted by molar-refractivity contribution is 5.40. The summed E-state index contributed by atoms with van der Waals surface area (Å²) >= 11 is 0. The Kier molecular flexibility index (Phi) is 3.78. The van der Waals surface area contributed by atoms with Gasteiger partial charge in [0.1, 0.15) is 12.1 Å². The molecule has 0 fully saturated rings. The maximum absolute atomic E-state index is 12.3. The average Bonchev–Trinajstić information content (AvgIpc) is 2.30. The van der Waals surface area contributed by atoms with Crippen LogP contribution in [0, 0.1) is 22.7 Å². The van der Waals surface area contributed by atoms with Gasteiger partial charge in [-0.05, 0) is 18.2 Å². The van der Waals surface area contributed by atoms with Gasteiger partial charge < -0.3 is 0 Å². The second-order valence-electron chi connectivity index (χ2n) is 2.92. The van der Waals surface area contributed by atoms with Crippen molar-refractivity contribution in [2.45, 2.75) is 12.2 Å². The normalized spacial score (nSPS) is 11.4. The van der Waals surface area contributed by atoms with E-state index in [1.54, 1.807) is 0 Å². The van der Waals surface area contributed by atoms with Gasteiger partial charge >= 0.3 is 6.18 Å². The molecule has 0 radical (unpaired) electrons. The monoisotopic (exact) mass is 238 g/mol. The molecule has 1 rings (SSSR count). The molecular formula is C10H5F3N4. The predicted molar refractivity (Wildman–Crippen MR) is 51.0 cm³/mol. The summed E-state index contributed by atoms with van der Waals surface area (Å²) in [5.41, 5.74) is -0.922. The van der Waals surface area contributed by atoms with Crippen LogP contribution in [-0.4, -0.2) is 6.04 Å². The van der Waals surface area contributed by atoms with E-state index >= 15 is 0 Å². The van der Waals surface area contributed by atoms with E-state index in [2.05, 4.69) is 10.2 Å². The SMILES string of the molecule is N#CC(C#N)N=Nc1cccc(C(F)(F)F)c1. The van der Waals surface area contributed by atoms with Gasteiger partial charge in [0.05, 0.1) is 11.3 Å². The standard InChI is InChI=1S/C10H5F3N4/c11-10(12,13)7-2-1-3-8(4-7)16-17-9(5-14)6-15/h1-4,9H. The molecule has 0 N–H and O–H groups in total. The topological polar surface area (TPSA) is 72.3 Å². The molecule has 1 aromatic rings. The van der Waals surface area contributed by atoms with Crippen LogP contribution < -0.4 is 0 Å². The van der Waals surface area contributed by atoms with Gasteiger partial charge in [0.2, 0.25) is 6.04 Å². The van der Waals surface area contributed by atoms with Gasteiger partial charge in [0.15, 0.2) is 0 Å². The summed E-state index contributed by atoms with van der Waals surface area (Å²) in [6, 6.07) is 5.88. The molecule has 4 nitrogen and oxygen atoms in total. The molecule has 7 heteroatoms. The van der Waals surface area contributed by atoms with Crippen molar-refractivity contribution in [1.82, 2.24) is 0 Å². The third-order valence-electron chi connectivity index (χ3n) is 1.71. The lowest BCUT2D eigenvalue weighted by Crippen LogP contribution is -2.03. The van der Waals surface area contributed by atoms with Gasteiger partial charge in [0, 0.05) is 0 Å². The van der Waals surface area contributed by atoms with Crippen LogP contribution >= 0.6 is 0 Å². The first-order chi connectivity index (χ1) is 7.97. The molecule has 0 atom stereocenters. The first-order valence-electron chi connectivity index (χ1n) is 4.34. The number of hydrogen-bond donors (Lipinski definition) is 0. The number of hydrogen-bond acceptors (Lipinski definition) is 4. The molecule has 0 amide bonds. The van der Waals surface area contributed by atoms with E-state index in [4.69, 9.17) is 10.5 Å². The maximum Gasteiger partial charge on any atom is 0.416 e. The summed E-state index contributed by atoms with van der Waals surface area (Å²) in [6.45, 7) is 0. The van der Waals surface area contributed by atoms with Crippen LogP contribution in [0.1, 0.15) is 5.56 Å². The molecule has 0 aromatic heterocycles. The smallest absolute Gasteiger partial charge is 0.195 e. The lowest BCUT2D eigenvalue weighted by Gasteiger charge is -2.05. The van der Waals surface area contributed by atoms with Crippen LogP contribution in [0.3, 0.4) is 0 Å². The highest BCUT2D eigenvalue weighted by Crippen LogP contribution is 2.31. The van der Waals surface area contributed by atoms with Gasteiger partial charge in [-0.3, -0.25) is 0 Å². The van der Waals surface area contributed by atoms with Crippen LogP contribution in [0.2, 0.25) is 0 Å². The average molecular weight is 238 g/mol. The molecule has 0 heterocycles. The maximum atomic E-state index is 12.3. The summed E-state index contributed by atoms with van der Waals surface area (Å²) in [6.07, 6.45) is -4.46. The van der Waals surface area contributed by atoms with E-state index in [-0.39, 0.29) is 5.69 Å². The Hall–Kier alpha value is -2.41. The Morgan fingerprint density at radius 3 is 2.35 bits per heavy atom. The van der Waals surface area contributed by atoms with E-state index in [1.807, 2.05) is 0 Å². The molecule has 0 aliphatic rings. The summed E-state index contributed by atoms with van der Waals surface area (Å²) in [7, 11) is 0. The van der Waals surface area contributed by atoms with E-state index in [0.717, 1.165) is 12.1 Å². The number of halogens is 3. The Morgan fingerprint density at radius 1 is 1.18 bits per heavy atom. The first kappa shape index (κ1) is 12.7. The Balaban J connectivity index is 2.96. The third-order valence-corrected chi connectivity index (χ3v) is 1.71. The van der Waals surface area contributed by atoms with Crippen LogP contribution in [0.4, 0.5) is 18.9 Å². The summed E-state index contributed by atoms with van der Waals surface area (Å²) < 4.78 is 37.0. The molecular weight excluding hydrogens is 233 g/mol. The van der Waals surface area contributed by atoms with Gasteiger partial charge in [0.25, 0.3) is 0 Å². The summed E-state index contributed by atoms with van der Waals surface area (Å²) in [5.74, 6) is 0. The fraction of sp³-hybridized carbons (Fsp3) is 0.200. The number of nitriles is 2. The number of nitrogens with zero attached hydrogens (tertiary/aromatic N) is 4. The predicted octanol–water partition coefficient (Wildman–Crippen LogP) is 3.20. The van der Waals surface area contributed by atoms with Gasteiger partial charge in [-0.15, -0.1) is 0 Å². The Bertz CT molecular complexity index is 494. The number of rotatable bonds is 2. The van der Waals surface area contributed by atoms with E-state index < -0.39 is 17.8 Å². The minimum Gasteiger partial charge on any atom is -0.195 e.